The first-order chi connectivity index (χ1) is 9.13. The second-order valence-corrected chi connectivity index (χ2v) is 5.54. The van der Waals surface area contributed by atoms with E-state index in [9.17, 15) is 4.79 Å². The Kier molecular flexibility index (Phi) is 7.91. The first-order valence-corrected chi connectivity index (χ1v) is 7.81. The lowest BCUT2D eigenvalue weighted by molar-refractivity contribution is -0.132. The van der Waals surface area contributed by atoms with Gasteiger partial charge in [0.15, 0.2) is 6.61 Å². The Labute approximate surface area is 128 Å². The van der Waals surface area contributed by atoms with Gasteiger partial charge in [0.25, 0.3) is 5.91 Å². The Hall–Kier alpha value is -0.740. The van der Waals surface area contributed by atoms with Gasteiger partial charge in [0.2, 0.25) is 0 Å². The third-order valence-corrected chi connectivity index (χ3v) is 3.51. The molecule has 0 aliphatic carbocycles. The molecule has 0 aliphatic heterocycles. The lowest BCUT2D eigenvalue weighted by atomic mass is 10.2. The molecule has 0 aromatic heterocycles. The normalized spacial score (nSPS) is 10.3. The minimum Gasteiger partial charge on any atom is -0.484 e. The molecule has 0 atom stereocenters. The summed E-state index contributed by atoms with van der Waals surface area (Å²) in [4.78, 5) is 13.5. The summed E-state index contributed by atoms with van der Waals surface area (Å²) < 4.78 is 5.41. The van der Waals surface area contributed by atoms with Crippen LogP contribution in [-0.4, -0.2) is 36.3 Å². The maximum atomic E-state index is 11.8. The zero-order chi connectivity index (χ0) is 14.1. The van der Waals surface area contributed by atoms with Gasteiger partial charge >= 0.3 is 0 Å². The molecule has 0 heterocycles. The average Bonchev–Trinajstić information content (AvgIpc) is 2.41. The van der Waals surface area contributed by atoms with Crippen LogP contribution in [0.25, 0.3) is 0 Å². The van der Waals surface area contributed by atoms with Gasteiger partial charge in [-0.05, 0) is 31.0 Å². The maximum Gasteiger partial charge on any atom is 0.260 e. The van der Waals surface area contributed by atoms with E-state index in [1.54, 1.807) is 36.2 Å². The van der Waals surface area contributed by atoms with Gasteiger partial charge in [0.05, 0.1) is 0 Å². The second kappa shape index (κ2) is 9.21. The van der Waals surface area contributed by atoms with E-state index in [1.165, 1.54) is 0 Å². The number of likely N-dealkylation sites (N-methyl/N-ethyl adjacent to an activating group) is 1. The van der Waals surface area contributed by atoms with Gasteiger partial charge in [-0.1, -0.05) is 40.0 Å². The quantitative estimate of drug-likeness (QED) is 0.529. The molecule has 1 aromatic carbocycles. The highest BCUT2D eigenvalue weighted by molar-refractivity contribution is 9.09. The van der Waals surface area contributed by atoms with Gasteiger partial charge in [0.1, 0.15) is 5.75 Å². The third-order valence-electron chi connectivity index (χ3n) is 2.71. The number of rotatable bonds is 8. The fraction of sp³-hybridized carbons (Fsp3) is 0.500. The molecule has 0 radical (unpaired) electrons. The van der Waals surface area contributed by atoms with Crippen molar-refractivity contribution in [3.63, 3.8) is 0 Å². The van der Waals surface area contributed by atoms with Crippen molar-refractivity contribution >= 4 is 33.4 Å². The van der Waals surface area contributed by atoms with E-state index >= 15 is 0 Å². The summed E-state index contributed by atoms with van der Waals surface area (Å²) in [7, 11) is 1.80. The largest absolute Gasteiger partial charge is 0.484 e. The van der Waals surface area contributed by atoms with Crippen LogP contribution in [-0.2, 0) is 4.79 Å². The molecule has 106 valence electrons. The minimum atomic E-state index is -0.0150. The number of nitrogens with zero attached hydrogens (tertiary/aromatic N) is 1. The molecular weight excluding hydrogens is 330 g/mol. The summed E-state index contributed by atoms with van der Waals surface area (Å²) in [5.74, 6) is 0.604. The van der Waals surface area contributed by atoms with Crippen LogP contribution in [0.4, 0.5) is 0 Å². The number of amides is 1. The number of hydrogen-bond acceptors (Lipinski definition) is 2. The Balaban J connectivity index is 2.26. The van der Waals surface area contributed by atoms with Crippen LogP contribution in [0.15, 0.2) is 24.3 Å². The highest BCUT2D eigenvalue weighted by atomic mass is 79.9. The van der Waals surface area contributed by atoms with Crippen LogP contribution in [0.5, 0.6) is 5.75 Å². The first-order valence-electron chi connectivity index (χ1n) is 6.32. The summed E-state index contributed by atoms with van der Waals surface area (Å²) >= 11 is 9.23. The molecule has 0 unspecified atom stereocenters. The maximum absolute atomic E-state index is 11.8. The zero-order valence-electron chi connectivity index (χ0n) is 11.1. The predicted molar refractivity (Wildman–Crippen MR) is 82.2 cm³/mol. The monoisotopic (exact) mass is 347 g/mol. The summed E-state index contributed by atoms with van der Waals surface area (Å²) in [6, 6.07) is 7.05. The van der Waals surface area contributed by atoms with Crippen LogP contribution in [0, 0.1) is 0 Å². The van der Waals surface area contributed by atoms with Gasteiger partial charge in [-0.2, -0.15) is 0 Å². The molecule has 3 nitrogen and oxygen atoms in total. The summed E-state index contributed by atoms with van der Waals surface area (Å²) in [5, 5.41) is 1.62. The van der Waals surface area contributed by atoms with Crippen molar-refractivity contribution in [3.05, 3.63) is 29.3 Å². The molecule has 1 amide bonds. The predicted octanol–water partition coefficient (Wildman–Crippen LogP) is 3.74. The standard InChI is InChI=1S/C14H19BrClNO2/c1-17(9-4-2-3-8-15)14(18)11-19-13-7-5-6-12(16)10-13/h5-7,10H,2-4,8-9,11H2,1H3. The highest BCUT2D eigenvalue weighted by Crippen LogP contribution is 2.17. The number of alkyl halides is 1. The number of benzene rings is 1. The van der Waals surface area contributed by atoms with Crippen molar-refractivity contribution in [2.24, 2.45) is 0 Å². The summed E-state index contributed by atoms with van der Waals surface area (Å²) in [6.45, 7) is 0.819. The number of ether oxygens (including phenoxy) is 1. The van der Waals surface area contributed by atoms with E-state index < -0.39 is 0 Å². The van der Waals surface area contributed by atoms with Gasteiger partial charge < -0.3 is 9.64 Å². The lowest BCUT2D eigenvalue weighted by Crippen LogP contribution is -2.32. The Morgan fingerprint density at radius 3 is 2.84 bits per heavy atom. The number of unbranched alkanes of at least 4 members (excludes halogenated alkanes) is 2. The summed E-state index contributed by atoms with van der Waals surface area (Å²) in [5.41, 5.74) is 0. The SMILES string of the molecule is CN(CCCCCBr)C(=O)COc1cccc(Cl)c1. The van der Waals surface area contributed by atoms with Crippen molar-refractivity contribution in [1.82, 2.24) is 4.90 Å². The van der Waals surface area contributed by atoms with Gasteiger partial charge in [-0.25, -0.2) is 0 Å². The van der Waals surface area contributed by atoms with E-state index in [0.717, 1.165) is 31.1 Å². The average molecular weight is 349 g/mol. The summed E-state index contributed by atoms with van der Waals surface area (Å²) in [6.07, 6.45) is 3.28. The fourth-order valence-electron chi connectivity index (χ4n) is 1.56. The zero-order valence-corrected chi connectivity index (χ0v) is 13.4. The Bertz CT molecular complexity index is 401. The molecule has 0 bridgehead atoms. The van der Waals surface area contributed by atoms with E-state index in [1.807, 2.05) is 0 Å². The number of hydrogen-bond donors (Lipinski definition) is 0. The highest BCUT2D eigenvalue weighted by Gasteiger charge is 2.09. The van der Waals surface area contributed by atoms with E-state index in [2.05, 4.69) is 15.9 Å². The molecule has 1 rings (SSSR count). The van der Waals surface area contributed by atoms with Crippen molar-refractivity contribution in [1.29, 1.82) is 0 Å². The third kappa shape index (κ3) is 6.83. The van der Waals surface area contributed by atoms with E-state index in [4.69, 9.17) is 16.3 Å². The van der Waals surface area contributed by atoms with Crippen LogP contribution in [0.1, 0.15) is 19.3 Å². The van der Waals surface area contributed by atoms with Crippen molar-refractivity contribution in [2.45, 2.75) is 19.3 Å². The van der Waals surface area contributed by atoms with Crippen molar-refractivity contribution < 1.29 is 9.53 Å². The fourth-order valence-corrected chi connectivity index (χ4v) is 2.13. The molecular formula is C14H19BrClNO2. The van der Waals surface area contributed by atoms with Crippen molar-refractivity contribution in [2.75, 3.05) is 25.5 Å². The molecule has 0 saturated heterocycles. The van der Waals surface area contributed by atoms with Gasteiger partial charge in [-0.15, -0.1) is 0 Å². The Morgan fingerprint density at radius 2 is 2.16 bits per heavy atom. The smallest absolute Gasteiger partial charge is 0.260 e. The van der Waals surface area contributed by atoms with Crippen LogP contribution in [0.2, 0.25) is 5.02 Å². The molecule has 0 saturated carbocycles. The molecule has 19 heavy (non-hydrogen) atoms. The van der Waals surface area contributed by atoms with E-state index in [-0.39, 0.29) is 12.5 Å². The van der Waals surface area contributed by atoms with Gasteiger partial charge in [0, 0.05) is 23.9 Å². The topological polar surface area (TPSA) is 29.5 Å². The number of halogens is 2. The second-order valence-electron chi connectivity index (χ2n) is 4.31. The first kappa shape index (κ1) is 16.3. The molecule has 1 aromatic rings. The molecule has 0 fully saturated rings. The molecule has 0 spiro atoms. The van der Waals surface area contributed by atoms with Crippen LogP contribution in [0.3, 0.4) is 0 Å². The Morgan fingerprint density at radius 1 is 1.37 bits per heavy atom. The number of carbonyl (C=O) groups excluding carboxylic acids is 1. The molecule has 0 aliphatic rings. The van der Waals surface area contributed by atoms with Crippen LogP contribution < -0.4 is 4.74 Å². The minimum absolute atomic E-state index is 0.0150. The number of carbonyl (C=O) groups is 1. The lowest BCUT2D eigenvalue weighted by Gasteiger charge is -2.17. The molecule has 0 N–H and O–H groups in total. The van der Waals surface area contributed by atoms with Crippen LogP contribution >= 0.6 is 27.5 Å². The van der Waals surface area contributed by atoms with E-state index in [0.29, 0.717) is 10.8 Å². The van der Waals surface area contributed by atoms with Gasteiger partial charge in [-0.3, -0.25) is 4.79 Å². The van der Waals surface area contributed by atoms with Crippen molar-refractivity contribution in [3.8, 4) is 5.75 Å². The molecule has 5 heteroatoms.